The van der Waals surface area contributed by atoms with E-state index in [1.54, 1.807) is 0 Å². The molecule has 0 aliphatic heterocycles. The van der Waals surface area contributed by atoms with Crippen LogP contribution >= 0.6 is 11.3 Å². The number of para-hydroxylation sites is 7. The van der Waals surface area contributed by atoms with Crippen molar-refractivity contribution in [2.75, 3.05) is 0 Å². The van der Waals surface area contributed by atoms with Gasteiger partial charge < -0.3 is 31.4 Å². The summed E-state index contributed by atoms with van der Waals surface area (Å²) in [5.74, 6) is 1.89. The van der Waals surface area contributed by atoms with Gasteiger partial charge in [0.1, 0.15) is 27.9 Å². The van der Waals surface area contributed by atoms with Crippen LogP contribution in [-0.2, 0) is 5.41 Å². The van der Waals surface area contributed by atoms with E-state index in [0.29, 0.717) is 34.6 Å². The van der Waals surface area contributed by atoms with Gasteiger partial charge in [0.15, 0.2) is 17.5 Å². The van der Waals surface area contributed by atoms with Crippen molar-refractivity contribution in [1.82, 2.24) is 43.6 Å². The number of aromatic nitrogens is 9. The predicted molar refractivity (Wildman–Crippen MR) is 561 cm³/mol. The highest BCUT2D eigenvalue weighted by atomic mass is 32.1. The average Bonchev–Trinajstić information content (AvgIpc) is 1.52. The van der Waals surface area contributed by atoms with Crippen molar-refractivity contribution in [3.05, 3.63) is 430 Å². The zero-order valence-electron chi connectivity index (χ0n) is 73.9. The second kappa shape index (κ2) is 30.5. The van der Waals surface area contributed by atoms with Crippen molar-refractivity contribution < 1.29 is 17.7 Å². The van der Waals surface area contributed by atoms with Crippen LogP contribution < -0.4 is 0 Å². The van der Waals surface area contributed by atoms with Crippen molar-refractivity contribution in [1.29, 1.82) is 0 Å². The third kappa shape index (κ3) is 12.3. The van der Waals surface area contributed by atoms with Gasteiger partial charge in [-0.25, -0.2) is 15.0 Å². The molecule has 30 rings (SSSR count). The van der Waals surface area contributed by atoms with Gasteiger partial charge in [-0.05, 0) is 156 Å². The van der Waals surface area contributed by atoms with Gasteiger partial charge in [-0.15, -0.1) is 11.3 Å². The van der Waals surface area contributed by atoms with Gasteiger partial charge in [0, 0.05) is 135 Å². The van der Waals surface area contributed by atoms with Crippen molar-refractivity contribution in [3.63, 3.8) is 0 Å². The smallest absolute Gasteiger partial charge is 0.231 e. The molecule has 0 fully saturated rings. The third-order valence-electron chi connectivity index (χ3n) is 27.7. The quantitative estimate of drug-likeness (QED) is 0.137. The van der Waals surface area contributed by atoms with Gasteiger partial charge in [0.2, 0.25) is 17.1 Å². The minimum atomic E-state index is -0.0511. The van der Waals surface area contributed by atoms with E-state index in [9.17, 15) is 0 Å². The van der Waals surface area contributed by atoms with Crippen LogP contribution in [-0.4, -0.2) is 43.6 Å². The number of rotatable bonds is 9. The lowest BCUT2D eigenvalue weighted by atomic mass is 9.82. The predicted octanol–water partition coefficient (Wildman–Crippen LogP) is 33.0. The summed E-state index contributed by atoms with van der Waals surface area (Å²) < 4.78 is 34.9. The van der Waals surface area contributed by atoms with Crippen molar-refractivity contribution in [3.8, 4) is 96.1 Å². The Bertz CT molecular complexity index is 9670. The summed E-state index contributed by atoms with van der Waals surface area (Å²) in [6.07, 6.45) is 0. The van der Waals surface area contributed by atoms with Crippen LogP contribution in [0.25, 0.3) is 270 Å². The van der Waals surface area contributed by atoms with E-state index < -0.39 is 0 Å². The molecule has 29 aromatic rings. The zero-order valence-corrected chi connectivity index (χ0v) is 74.7. The maximum atomic E-state index is 6.31. The second-order valence-electron chi connectivity index (χ2n) is 35.8. The Labute approximate surface area is 786 Å². The molecule has 137 heavy (non-hydrogen) atoms. The summed E-state index contributed by atoms with van der Waals surface area (Å²) in [5.41, 5.74) is 30.0. The highest BCUT2D eigenvalue weighted by Crippen LogP contribution is 2.53. The molecule has 13 nitrogen and oxygen atoms in total. The zero-order chi connectivity index (χ0) is 90.2. The number of benzene rings is 18. The molecular formula is C123H75N9O4S. The first-order chi connectivity index (χ1) is 67.7. The highest BCUT2D eigenvalue weighted by Gasteiger charge is 2.37. The molecule has 0 bridgehead atoms. The van der Waals surface area contributed by atoms with E-state index in [2.05, 4.69) is 325 Å². The van der Waals surface area contributed by atoms with E-state index in [0.717, 1.165) is 155 Å². The van der Waals surface area contributed by atoms with Crippen molar-refractivity contribution in [2.45, 2.75) is 19.3 Å². The molecule has 0 N–H and O–H groups in total. The van der Waals surface area contributed by atoms with Crippen molar-refractivity contribution >= 4 is 185 Å². The molecule has 1 aliphatic carbocycles. The SMILES string of the molecule is CC1(C)c2ccccc2-c2cc3c(cc21)c1ccccc1n3-c1ccc(-c2nc(-c3ccccc3)c3c(n2)oc2ccccc23)cc1.c1ccc(-c2nc(-c3cccc(-n4c5ccccc5c5cc6oc7ccccc7c6cc54)c3)nc3oc4ccccc4c23)cc1.c1ccc(-c2nc(-c3cccc(-n4c5ccccc5c5cc6sc7ccccc7c6cc54)c3)nc3oc4ccccc4c23)cc1. The van der Waals surface area contributed by atoms with E-state index in [1.807, 2.05) is 133 Å². The van der Waals surface area contributed by atoms with Gasteiger partial charge >= 0.3 is 0 Å². The minimum Gasteiger partial charge on any atom is -0.456 e. The van der Waals surface area contributed by atoms with E-state index >= 15 is 0 Å². The van der Waals surface area contributed by atoms with Gasteiger partial charge in [-0.1, -0.05) is 299 Å². The molecule has 0 amide bonds. The number of furan rings is 4. The number of fused-ring (bicyclic) bond motifs is 27. The fourth-order valence-electron chi connectivity index (χ4n) is 21.4. The number of thiophene rings is 1. The summed E-state index contributed by atoms with van der Waals surface area (Å²) >= 11 is 1.86. The fourth-order valence-corrected chi connectivity index (χ4v) is 22.5. The van der Waals surface area contributed by atoms with Crippen LogP contribution in [0.1, 0.15) is 25.0 Å². The van der Waals surface area contributed by atoms with Gasteiger partial charge in [-0.2, -0.15) is 15.0 Å². The Morgan fingerprint density at radius 3 is 1.09 bits per heavy atom. The molecule has 0 radical (unpaired) electrons. The first-order valence-electron chi connectivity index (χ1n) is 46.1. The second-order valence-corrected chi connectivity index (χ2v) is 36.9. The Morgan fingerprint density at radius 2 is 0.591 bits per heavy atom. The Hall–Kier alpha value is -18.0. The lowest BCUT2D eigenvalue weighted by molar-refractivity contribution is 0.653. The topological polar surface area (TPSA) is 145 Å². The molecule has 642 valence electrons. The van der Waals surface area contributed by atoms with E-state index in [1.165, 1.54) is 91.4 Å². The number of nitrogens with zero attached hydrogens (tertiary/aromatic N) is 9. The van der Waals surface area contributed by atoms with Crippen molar-refractivity contribution in [2.24, 2.45) is 0 Å². The number of hydrogen-bond donors (Lipinski definition) is 0. The molecule has 0 atom stereocenters. The Kier molecular flexibility index (Phi) is 17.3. The fraction of sp³-hybridized carbons (Fsp3) is 0.0244. The monoisotopic (exact) mass is 1770 g/mol. The summed E-state index contributed by atoms with van der Waals surface area (Å²) in [6.45, 7) is 4.69. The molecule has 11 heterocycles. The highest BCUT2D eigenvalue weighted by molar-refractivity contribution is 7.25. The van der Waals surface area contributed by atoms with Crippen LogP contribution in [0.4, 0.5) is 0 Å². The maximum Gasteiger partial charge on any atom is 0.231 e. The van der Waals surface area contributed by atoms with Crippen LogP contribution in [0, 0.1) is 0 Å². The minimum absolute atomic E-state index is 0.0511. The summed E-state index contributed by atoms with van der Waals surface area (Å²) in [4.78, 5) is 30.5. The molecule has 11 aromatic heterocycles. The van der Waals surface area contributed by atoms with Gasteiger partial charge in [0.25, 0.3) is 0 Å². The lowest BCUT2D eigenvalue weighted by Crippen LogP contribution is -2.14. The Balaban J connectivity index is 0.000000102. The molecular weight excluding hydrogens is 1700 g/mol. The third-order valence-corrected chi connectivity index (χ3v) is 28.8. The van der Waals surface area contributed by atoms with Crippen LogP contribution in [0.15, 0.2) is 436 Å². The van der Waals surface area contributed by atoms with Gasteiger partial charge in [0.05, 0.1) is 66.3 Å². The first kappa shape index (κ1) is 77.8. The van der Waals surface area contributed by atoms with Crippen LogP contribution in [0.2, 0.25) is 0 Å². The molecule has 18 aromatic carbocycles. The maximum absolute atomic E-state index is 6.31. The van der Waals surface area contributed by atoms with E-state index in [4.69, 9.17) is 47.6 Å². The largest absolute Gasteiger partial charge is 0.456 e. The summed E-state index contributed by atoms with van der Waals surface area (Å²) in [7, 11) is 0. The summed E-state index contributed by atoms with van der Waals surface area (Å²) in [5, 5.41) is 18.0. The Morgan fingerprint density at radius 1 is 0.212 bits per heavy atom. The molecule has 0 saturated carbocycles. The molecule has 0 spiro atoms. The number of hydrogen-bond acceptors (Lipinski definition) is 11. The standard InChI is InChI=1S/C43H29N3O.C40H23N3O2.C40H23N3OS/c1-43(2)34-17-9-6-14-29(34)32-25-37-33(24-35(32)43)30-15-7-10-18-36(30)46(37)28-22-20-27(21-23-28)41-44-40(26-12-4-3-5-13-26)39-31-16-8-11-19-38(31)47-42(39)45-41;1-2-11-24(12-3-1)38-37-29-17-6-9-20-35(29)45-40(37)42-39(41-38)25-13-10-14-26(21-25)43-32-18-7-4-15-27(32)30-23-36-31(22-33(30)43)28-16-5-8-19-34(28)44-36;1-2-11-24(12-3-1)38-37-29-17-5-8-19-34(29)44-40(37)42-39(41-38)25-13-10-14-26(21-25)43-32-18-7-4-15-27(32)30-23-36-31(22-33(30)43)28-16-6-9-20-35(28)45-36/h3-25H,1-2H3;2*1-23H. The average molecular weight is 1780 g/mol. The van der Waals surface area contributed by atoms with Gasteiger partial charge in [-0.3, -0.25) is 0 Å². The molecule has 14 heteroatoms. The van der Waals surface area contributed by atoms with E-state index in [-0.39, 0.29) is 5.41 Å². The normalized spacial score (nSPS) is 12.5. The van der Waals surface area contributed by atoms with Crippen LogP contribution in [0.3, 0.4) is 0 Å². The lowest BCUT2D eigenvalue weighted by Gasteiger charge is -2.21. The molecule has 0 saturated heterocycles. The first-order valence-corrected chi connectivity index (χ1v) is 46.9. The molecule has 0 unspecified atom stereocenters. The van der Waals surface area contributed by atoms with Crippen LogP contribution in [0.5, 0.6) is 0 Å². The molecule has 1 aliphatic rings. The summed E-state index contributed by atoms with van der Waals surface area (Å²) in [6, 6.07) is 146.